The molecule has 0 saturated carbocycles. The molecule has 0 aliphatic rings. The third kappa shape index (κ3) is 2.68. The molecule has 0 aliphatic heterocycles. The lowest BCUT2D eigenvalue weighted by molar-refractivity contribution is 0.871. The highest BCUT2D eigenvalue weighted by Gasteiger charge is 2.14. The van der Waals surface area contributed by atoms with Crippen LogP contribution in [0.4, 0.5) is 0 Å². The normalized spacial score (nSPS) is 12.8. The second kappa shape index (κ2) is 5.19. The zero-order chi connectivity index (χ0) is 11.7. The van der Waals surface area contributed by atoms with Crippen LogP contribution in [0.1, 0.15) is 17.2 Å². The largest absolute Gasteiger partial charge is 0.320 e. The molecule has 1 aromatic carbocycles. The summed E-state index contributed by atoms with van der Waals surface area (Å²) >= 11 is 14.5. The molecule has 2 N–H and O–H groups in total. The fraction of sp³-hybridized carbons (Fsp3) is 0.0909. The van der Waals surface area contributed by atoms with Crippen LogP contribution in [-0.4, -0.2) is 0 Å². The van der Waals surface area contributed by atoms with Gasteiger partial charge in [0.1, 0.15) is 0 Å². The summed E-state index contributed by atoms with van der Waals surface area (Å²) in [6.45, 7) is 0. The number of benzene rings is 1. The summed E-state index contributed by atoms with van der Waals surface area (Å²) in [4.78, 5) is 0. The number of nitrogens with two attached hydrogens (primary N) is 1. The van der Waals surface area contributed by atoms with E-state index in [1.165, 1.54) is 0 Å². The van der Waals surface area contributed by atoms with E-state index in [0.29, 0.717) is 5.02 Å². The van der Waals surface area contributed by atoms with E-state index in [9.17, 15) is 0 Å². The smallest absolute Gasteiger partial charge is 0.0572 e. The Morgan fingerprint density at radius 1 is 1.19 bits per heavy atom. The molecule has 0 radical (unpaired) electrons. The van der Waals surface area contributed by atoms with Crippen molar-refractivity contribution >= 4 is 54.8 Å². The average molecular weight is 382 g/mol. The molecule has 1 atom stereocenters. The Hall–Kier alpha value is 0.130. The summed E-state index contributed by atoms with van der Waals surface area (Å²) in [7, 11) is 0. The van der Waals surface area contributed by atoms with E-state index >= 15 is 0 Å². The van der Waals surface area contributed by atoms with Crippen molar-refractivity contribution in [2.24, 2.45) is 5.73 Å². The summed E-state index contributed by atoms with van der Waals surface area (Å²) < 4.78 is 1.98. The van der Waals surface area contributed by atoms with Crippen molar-refractivity contribution in [1.82, 2.24) is 0 Å². The summed E-state index contributed by atoms with van der Waals surface area (Å²) in [5.74, 6) is 0. The van der Waals surface area contributed by atoms with Crippen LogP contribution in [0.2, 0.25) is 5.02 Å². The number of rotatable bonds is 2. The number of thiophene rings is 1. The van der Waals surface area contributed by atoms with Crippen molar-refractivity contribution in [3.05, 3.63) is 54.1 Å². The summed E-state index contributed by atoms with van der Waals surface area (Å²) in [5.41, 5.74) is 8.28. The van der Waals surface area contributed by atoms with Gasteiger partial charge in [-0.3, -0.25) is 0 Å². The van der Waals surface area contributed by atoms with Gasteiger partial charge in [0, 0.05) is 19.3 Å². The molecule has 84 valence electrons. The molecule has 1 unspecified atom stereocenters. The Morgan fingerprint density at radius 3 is 2.50 bits per heavy atom. The third-order valence-corrected chi connectivity index (χ3v) is 4.65. The summed E-state index contributed by atoms with van der Waals surface area (Å²) in [5, 5.41) is 4.75. The Kier molecular flexibility index (Phi) is 4.08. The van der Waals surface area contributed by atoms with E-state index in [-0.39, 0.29) is 6.04 Å². The van der Waals surface area contributed by atoms with Crippen LogP contribution in [0.3, 0.4) is 0 Å². The maximum absolute atomic E-state index is 6.20. The van der Waals surface area contributed by atoms with Crippen LogP contribution in [0.15, 0.2) is 37.9 Å². The molecule has 0 saturated heterocycles. The van der Waals surface area contributed by atoms with E-state index in [1.807, 2.05) is 29.0 Å². The van der Waals surface area contributed by atoms with Gasteiger partial charge in [0.05, 0.1) is 6.04 Å². The van der Waals surface area contributed by atoms with Gasteiger partial charge >= 0.3 is 0 Å². The van der Waals surface area contributed by atoms with Crippen molar-refractivity contribution in [3.63, 3.8) is 0 Å². The number of halogens is 3. The van der Waals surface area contributed by atoms with Gasteiger partial charge in [-0.1, -0.05) is 27.5 Å². The highest BCUT2D eigenvalue weighted by Crippen LogP contribution is 2.32. The Labute approximate surface area is 120 Å². The molecule has 0 aliphatic carbocycles. The highest BCUT2D eigenvalue weighted by atomic mass is 79.9. The van der Waals surface area contributed by atoms with Crippen LogP contribution >= 0.6 is 54.8 Å². The number of hydrogen-bond donors (Lipinski definition) is 1. The lowest BCUT2D eigenvalue weighted by Crippen LogP contribution is -2.11. The van der Waals surface area contributed by atoms with Gasteiger partial charge < -0.3 is 5.73 Å². The fourth-order valence-electron chi connectivity index (χ4n) is 1.45. The van der Waals surface area contributed by atoms with Gasteiger partial charge in [-0.25, -0.2) is 0 Å². The van der Waals surface area contributed by atoms with Gasteiger partial charge in [-0.2, -0.15) is 11.3 Å². The molecule has 1 heterocycles. The Bertz CT molecular complexity index is 492. The minimum atomic E-state index is -0.157. The molecule has 0 bridgehead atoms. The molecular weight excluding hydrogens is 373 g/mol. The lowest BCUT2D eigenvalue weighted by atomic mass is 10.0. The molecule has 16 heavy (non-hydrogen) atoms. The molecular formula is C11H8Br2ClNS. The van der Waals surface area contributed by atoms with Crippen molar-refractivity contribution in [1.29, 1.82) is 0 Å². The Morgan fingerprint density at radius 2 is 1.94 bits per heavy atom. The van der Waals surface area contributed by atoms with Gasteiger partial charge in [0.15, 0.2) is 0 Å². The van der Waals surface area contributed by atoms with Gasteiger partial charge in [0.2, 0.25) is 0 Å². The third-order valence-electron chi connectivity index (χ3n) is 2.22. The molecule has 1 nitrogen and oxygen atoms in total. The highest BCUT2D eigenvalue weighted by molar-refractivity contribution is 9.10. The molecule has 1 aromatic heterocycles. The zero-order valence-electron chi connectivity index (χ0n) is 8.08. The molecule has 2 rings (SSSR count). The molecule has 5 heteroatoms. The summed E-state index contributed by atoms with van der Waals surface area (Å²) in [6.07, 6.45) is 0. The standard InChI is InChI=1S/C11H8Br2ClNS/c12-7-1-6(2-8(14)3-7)11(15)9-4-16-5-10(9)13/h1-5,11H,15H2. The van der Waals surface area contributed by atoms with Crippen molar-refractivity contribution in [2.75, 3.05) is 0 Å². The van der Waals surface area contributed by atoms with Crippen molar-refractivity contribution in [2.45, 2.75) is 6.04 Å². The predicted molar refractivity (Wildman–Crippen MR) is 77.2 cm³/mol. The van der Waals surface area contributed by atoms with E-state index in [2.05, 4.69) is 31.9 Å². The second-order valence-corrected chi connectivity index (χ2v) is 6.31. The first-order chi connectivity index (χ1) is 7.58. The van der Waals surface area contributed by atoms with Gasteiger partial charge in [0.25, 0.3) is 0 Å². The Balaban J connectivity index is 2.41. The first-order valence-electron chi connectivity index (χ1n) is 4.51. The average Bonchev–Trinajstić information content (AvgIpc) is 2.62. The lowest BCUT2D eigenvalue weighted by Gasteiger charge is -2.12. The van der Waals surface area contributed by atoms with Crippen molar-refractivity contribution < 1.29 is 0 Å². The SMILES string of the molecule is NC(c1cc(Cl)cc(Br)c1)c1cscc1Br. The fourth-order valence-corrected chi connectivity index (χ4v) is 3.91. The maximum atomic E-state index is 6.20. The van der Waals surface area contributed by atoms with Crippen LogP contribution in [0.25, 0.3) is 0 Å². The molecule has 0 spiro atoms. The molecule has 2 aromatic rings. The topological polar surface area (TPSA) is 26.0 Å². The quantitative estimate of drug-likeness (QED) is 0.780. The number of hydrogen-bond acceptors (Lipinski definition) is 2. The van der Waals surface area contributed by atoms with Crippen LogP contribution < -0.4 is 5.73 Å². The molecule has 0 amide bonds. The van der Waals surface area contributed by atoms with E-state index in [1.54, 1.807) is 11.3 Å². The molecule has 0 fully saturated rings. The van der Waals surface area contributed by atoms with E-state index < -0.39 is 0 Å². The first kappa shape index (κ1) is 12.6. The van der Waals surface area contributed by atoms with Gasteiger partial charge in [-0.05, 0) is 50.6 Å². The monoisotopic (exact) mass is 379 g/mol. The summed E-state index contributed by atoms with van der Waals surface area (Å²) in [6, 6.07) is 5.57. The van der Waals surface area contributed by atoms with E-state index in [4.69, 9.17) is 17.3 Å². The first-order valence-corrected chi connectivity index (χ1v) is 7.42. The van der Waals surface area contributed by atoms with Gasteiger partial charge in [-0.15, -0.1) is 0 Å². The zero-order valence-corrected chi connectivity index (χ0v) is 12.8. The van der Waals surface area contributed by atoms with Crippen LogP contribution in [0, 0.1) is 0 Å². The van der Waals surface area contributed by atoms with Crippen LogP contribution in [-0.2, 0) is 0 Å². The van der Waals surface area contributed by atoms with Crippen molar-refractivity contribution in [3.8, 4) is 0 Å². The van der Waals surface area contributed by atoms with E-state index in [0.717, 1.165) is 20.1 Å². The second-order valence-electron chi connectivity index (χ2n) is 3.36. The minimum absolute atomic E-state index is 0.157. The van der Waals surface area contributed by atoms with Crippen LogP contribution in [0.5, 0.6) is 0 Å². The predicted octanol–water partition coefficient (Wildman–Crippen LogP) is 4.97. The maximum Gasteiger partial charge on any atom is 0.0572 e. The minimum Gasteiger partial charge on any atom is -0.320 e.